The van der Waals surface area contributed by atoms with Gasteiger partial charge in [0, 0.05) is 31.4 Å². The zero-order valence-electron chi connectivity index (χ0n) is 14.4. The highest BCUT2D eigenvalue weighted by atomic mass is 15.1. The summed E-state index contributed by atoms with van der Waals surface area (Å²) < 4.78 is 2.14. The Morgan fingerprint density at radius 3 is 1.83 bits per heavy atom. The van der Waals surface area contributed by atoms with E-state index in [1.54, 1.807) is 0 Å². The molecule has 0 spiro atoms. The lowest BCUT2D eigenvalue weighted by atomic mass is 10.1. The van der Waals surface area contributed by atoms with E-state index in [1.165, 1.54) is 22.5 Å². The average molecular weight is 305 g/mol. The van der Waals surface area contributed by atoms with Crippen LogP contribution in [0.1, 0.15) is 11.1 Å². The average Bonchev–Trinajstić information content (AvgIpc) is 2.56. The van der Waals surface area contributed by atoms with Gasteiger partial charge in [0.2, 0.25) is 5.71 Å². The SMILES string of the molecule is CN(C)/C(=C\C=C\C(c1ccccc1)=[N+](C)C)c1ccccc1. The highest BCUT2D eigenvalue weighted by Crippen LogP contribution is 2.16. The second kappa shape index (κ2) is 8.14. The predicted octanol–water partition coefficient (Wildman–Crippen LogP) is 3.91. The molecule has 0 fully saturated rings. The first-order chi connectivity index (χ1) is 11.1. The Kier molecular flexibility index (Phi) is 5.93. The van der Waals surface area contributed by atoms with Crippen molar-refractivity contribution in [2.24, 2.45) is 0 Å². The molecule has 0 bridgehead atoms. The summed E-state index contributed by atoms with van der Waals surface area (Å²) in [5.74, 6) is 0. The Morgan fingerprint density at radius 1 is 0.826 bits per heavy atom. The van der Waals surface area contributed by atoms with E-state index in [0.29, 0.717) is 0 Å². The van der Waals surface area contributed by atoms with Gasteiger partial charge in [-0.25, -0.2) is 4.58 Å². The van der Waals surface area contributed by atoms with E-state index in [1.807, 2.05) is 12.1 Å². The molecular weight excluding hydrogens is 280 g/mol. The fraction of sp³-hybridized carbons (Fsp3) is 0.190. The molecule has 0 saturated heterocycles. The van der Waals surface area contributed by atoms with Crippen molar-refractivity contribution in [2.45, 2.75) is 0 Å². The van der Waals surface area contributed by atoms with E-state index in [9.17, 15) is 0 Å². The third kappa shape index (κ3) is 4.68. The van der Waals surface area contributed by atoms with Crippen molar-refractivity contribution >= 4 is 11.4 Å². The molecule has 0 amide bonds. The van der Waals surface area contributed by atoms with E-state index in [2.05, 4.69) is 104 Å². The smallest absolute Gasteiger partial charge is 0.206 e. The molecule has 0 heterocycles. The van der Waals surface area contributed by atoms with Gasteiger partial charge in [-0.3, -0.25) is 0 Å². The number of nitrogens with zero attached hydrogens (tertiary/aromatic N) is 2. The molecule has 0 N–H and O–H groups in total. The summed E-state index contributed by atoms with van der Waals surface area (Å²) in [5, 5.41) is 0. The highest BCUT2D eigenvalue weighted by molar-refractivity contribution is 6.05. The third-order valence-corrected chi connectivity index (χ3v) is 3.61. The van der Waals surface area contributed by atoms with E-state index < -0.39 is 0 Å². The summed E-state index contributed by atoms with van der Waals surface area (Å²) in [6.45, 7) is 0. The largest absolute Gasteiger partial charge is 0.377 e. The second-order valence-corrected chi connectivity index (χ2v) is 5.82. The number of hydrogen-bond acceptors (Lipinski definition) is 1. The predicted molar refractivity (Wildman–Crippen MR) is 99.9 cm³/mol. The monoisotopic (exact) mass is 305 g/mol. The first-order valence-electron chi connectivity index (χ1n) is 7.80. The molecule has 118 valence electrons. The van der Waals surface area contributed by atoms with Gasteiger partial charge in [0.05, 0.1) is 0 Å². The van der Waals surface area contributed by atoms with Gasteiger partial charge in [-0.1, -0.05) is 54.6 Å². The van der Waals surface area contributed by atoms with Crippen LogP contribution in [0.25, 0.3) is 5.70 Å². The fourth-order valence-corrected chi connectivity index (χ4v) is 2.46. The highest BCUT2D eigenvalue weighted by Gasteiger charge is 2.07. The Hall–Kier alpha value is -2.61. The molecule has 2 rings (SSSR count). The molecule has 0 unspecified atom stereocenters. The fourth-order valence-electron chi connectivity index (χ4n) is 2.46. The van der Waals surface area contributed by atoms with E-state index >= 15 is 0 Å². The maximum atomic E-state index is 2.15. The van der Waals surface area contributed by atoms with Crippen LogP contribution >= 0.6 is 0 Å². The minimum absolute atomic E-state index is 1.19. The normalized spacial score (nSPS) is 11.6. The van der Waals surface area contributed by atoms with Crippen LogP contribution in [0.5, 0.6) is 0 Å². The van der Waals surface area contributed by atoms with Crippen molar-refractivity contribution in [1.29, 1.82) is 0 Å². The molecule has 0 aromatic heterocycles. The van der Waals surface area contributed by atoms with E-state index in [4.69, 9.17) is 0 Å². The van der Waals surface area contributed by atoms with Crippen molar-refractivity contribution in [3.05, 3.63) is 90.0 Å². The van der Waals surface area contributed by atoms with E-state index in [-0.39, 0.29) is 0 Å². The van der Waals surface area contributed by atoms with Crippen LogP contribution in [-0.4, -0.2) is 43.4 Å². The van der Waals surface area contributed by atoms with Gasteiger partial charge in [-0.05, 0) is 23.8 Å². The van der Waals surface area contributed by atoms with Crippen molar-refractivity contribution in [3.8, 4) is 0 Å². The minimum Gasteiger partial charge on any atom is -0.377 e. The lowest BCUT2D eigenvalue weighted by Gasteiger charge is -2.16. The van der Waals surface area contributed by atoms with Gasteiger partial charge in [-0.15, -0.1) is 0 Å². The summed E-state index contributed by atoms with van der Waals surface area (Å²) in [5.41, 5.74) is 4.81. The quantitative estimate of drug-likeness (QED) is 0.461. The van der Waals surface area contributed by atoms with Crippen molar-refractivity contribution < 1.29 is 4.58 Å². The van der Waals surface area contributed by atoms with E-state index in [0.717, 1.165) is 0 Å². The molecular formula is C21H25N2+. The standard InChI is InChI=1S/C21H25N2/c1-22(2)20(18-12-7-5-8-13-18)16-11-17-21(23(3)4)19-14-9-6-10-15-19/h5-17H,1-4H3/q+1. The molecule has 2 aromatic rings. The molecule has 0 saturated carbocycles. The maximum Gasteiger partial charge on any atom is 0.206 e. The van der Waals surface area contributed by atoms with Crippen molar-refractivity contribution in [2.75, 3.05) is 28.2 Å². The van der Waals surface area contributed by atoms with Gasteiger partial charge in [0.1, 0.15) is 14.1 Å². The lowest BCUT2D eigenvalue weighted by Crippen LogP contribution is -2.12. The molecule has 0 radical (unpaired) electrons. The zero-order chi connectivity index (χ0) is 16.7. The van der Waals surface area contributed by atoms with Crippen LogP contribution in [0, 0.1) is 0 Å². The summed E-state index contributed by atoms with van der Waals surface area (Å²) in [6.07, 6.45) is 6.42. The second-order valence-electron chi connectivity index (χ2n) is 5.82. The zero-order valence-corrected chi connectivity index (χ0v) is 14.4. The summed E-state index contributed by atoms with van der Waals surface area (Å²) in [6, 6.07) is 20.9. The van der Waals surface area contributed by atoms with Gasteiger partial charge in [0.15, 0.2) is 0 Å². The molecule has 2 nitrogen and oxygen atoms in total. The first-order valence-corrected chi connectivity index (χ1v) is 7.80. The summed E-state index contributed by atoms with van der Waals surface area (Å²) in [4.78, 5) is 2.14. The minimum atomic E-state index is 1.19. The molecule has 2 heteroatoms. The summed E-state index contributed by atoms with van der Waals surface area (Å²) >= 11 is 0. The Bertz CT molecular complexity index is 704. The number of benzene rings is 2. The van der Waals surface area contributed by atoms with Crippen molar-refractivity contribution in [1.82, 2.24) is 4.90 Å². The lowest BCUT2D eigenvalue weighted by molar-refractivity contribution is -0.463. The Labute approximate surface area is 139 Å². The molecule has 0 atom stereocenters. The van der Waals surface area contributed by atoms with Gasteiger partial charge >= 0.3 is 0 Å². The first kappa shape index (κ1) is 16.8. The Morgan fingerprint density at radius 2 is 1.35 bits per heavy atom. The van der Waals surface area contributed by atoms with Crippen LogP contribution in [0.3, 0.4) is 0 Å². The van der Waals surface area contributed by atoms with Crippen molar-refractivity contribution in [3.63, 3.8) is 0 Å². The number of hydrogen-bond donors (Lipinski definition) is 0. The van der Waals surface area contributed by atoms with Gasteiger partial charge in [-0.2, -0.15) is 0 Å². The van der Waals surface area contributed by atoms with Gasteiger partial charge < -0.3 is 4.90 Å². The summed E-state index contributed by atoms with van der Waals surface area (Å²) in [7, 11) is 8.28. The molecule has 23 heavy (non-hydrogen) atoms. The molecule has 2 aromatic carbocycles. The molecule has 0 aliphatic carbocycles. The Balaban J connectivity index is 2.31. The van der Waals surface area contributed by atoms with Gasteiger partial charge in [0.25, 0.3) is 0 Å². The van der Waals surface area contributed by atoms with Crippen LogP contribution in [0.4, 0.5) is 0 Å². The topological polar surface area (TPSA) is 6.25 Å². The van der Waals surface area contributed by atoms with Crippen LogP contribution in [0.15, 0.2) is 78.9 Å². The molecule has 0 aliphatic rings. The van der Waals surface area contributed by atoms with Crippen LogP contribution in [0.2, 0.25) is 0 Å². The third-order valence-electron chi connectivity index (χ3n) is 3.61. The van der Waals surface area contributed by atoms with Crippen LogP contribution < -0.4 is 0 Å². The van der Waals surface area contributed by atoms with Crippen LogP contribution in [-0.2, 0) is 0 Å². The number of allylic oxidation sites excluding steroid dienone is 3. The molecule has 0 aliphatic heterocycles. The maximum absolute atomic E-state index is 2.15. The number of rotatable bonds is 5.